The number of carbonyl (C=O) groups excluding carboxylic acids is 1. The predicted molar refractivity (Wildman–Crippen MR) is 78.5 cm³/mol. The Bertz CT molecular complexity index is 313. The normalized spacial score (nSPS) is 22.1. The van der Waals surface area contributed by atoms with Crippen LogP contribution < -0.4 is 5.32 Å². The molecule has 2 aliphatic rings. The summed E-state index contributed by atoms with van der Waals surface area (Å²) in [5.41, 5.74) is -0.607. The first-order chi connectivity index (χ1) is 9.73. The molecule has 0 aromatic carbocycles. The Labute approximate surface area is 122 Å². The van der Waals surface area contributed by atoms with Crippen molar-refractivity contribution in [3.8, 4) is 0 Å². The zero-order valence-corrected chi connectivity index (χ0v) is 13.0. The van der Waals surface area contributed by atoms with Gasteiger partial charge in [-0.1, -0.05) is 26.2 Å². The van der Waals surface area contributed by atoms with E-state index in [-0.39, 0.29) is 5.97 Å². The summed E-state index contributed by atoms with van der Waals surface area (Å²) in [5.74, 6) is 1.10. The Morgan fingerprint density at radius 3 is 2.50 bits per heavy atom. The molecule has 4 nitrogen and oxygen atoms in total. The molecule has 0 aliphatic heterocycles. The van der Waals surface area contributed by atoms with Crippen LogP contribution in [0.25, 0.3) is 0 Å². The Morgan fingerprint density at radius 1 is 1.25 bits per heavy atom. The molecule has 2 saturated carbocycles. The van der Waals surface area contributed by atoms with E-state index in [4.69, 9.17) is 9.47 Å². The van der Waals surface area contributed by atoms with E-state index in [0.717, 1.165) is 38.3 Å². The summed E-state index contributed by atoms with van der Waals surface area (Å²) in [7, 11) is 0. The minimum Gasteiger partial charge on any atom is -0.465 e. The molecule has 4 heteroatoms. The van der Waals surface area contributed by atoms with E-state index < -0.39 is 5.54 Å². The van der Waals surface area contributed by atoms with E-state index in [1.165, 1.54) is 19.3 Å². The maximum Gasteiger partial charge on any atom is 0.329 e. The van der Waals surface area contributed by atoms with Crippen molar-refractivity contribution >= 4 is 5.97 Å². The monoisotopic (exact) mass is 283 g/mol. The lowest BCUT2D eigenvalue weighted by Gasteiger charge is -2.32. The van der Waals surface area contributed by atoms with Gasteiger partial charge in [0.15, 0.2) is 0 Å². The summed E-state index contributed by atoms with van der Waals surface area (Å²) < 4.78 is 11.2. The summed E-state index contributed by atoms with van der Waals surface area (Å²) >= 11 is 0. The highest BCUT2D eigenvalue weighted by atomic mass is 16.5. The second-order valence-corrected chi connectivity index (χ2v) is 6.13. The molecule has 2 aliphatic carbocycles. The van der Waals surface area contributed by atoms with Crippen LogP contribution in [0.4, 0.5) is 0 Å². The van der Waals surface area contributed by atoms with Gasteiger partial charge in [-0.05, 0) is 44.6 Å². The minimum atomic E-state index is -0.607. The van der Waals surface area contributed by atoms with Crippen molar-refractivity contribution < 1.29 is 14.3 Å². The minimum absolute atomic E-state index is 0.131. The number of esters is 1. The quantitative estimate of drug-likeness (QED) is 0.494. The Hall–Kier alpha value is -0.610. The second kappa shape index (κ2) is 7.41. The highest BCUT2D eigenvalue weighted by Gasteiger charge is 2.51. The van der Waals surface area contributed by atoms with Gasteiger partial charge in [-0.15, -0.1) is 0 Å². The smallest absolute Gasteiger partial charge is 0.329 e. The van der Waals surface area contributed by atoms with Crippen LogP contribution in [-0.4, -0.2) is 37.9 Å². The summed E-state index contributed by atoms with van der Waals surface area (Å²) in [6.45, 7) is 6.31. The van der Waals surface area contributed by atoms with Crippen LogP contribution in [0, 0.1) is 11.8 Å². The largest absolute Gasteiger partial charge is 0.465 e. The van der Waals surface area contributed by atoms with Crippen molar-refractivity contribution in [3.63, 3.8) is 0 Å². The van der Waals surface area contributed by atoms with Gasteiger partial charge >= 0.3 is 5.97 Å². The SMILES string of the molecule is CCNC(COCCC1CCC1)(C(=O)OCC)C1CC1. The van der Waals surface area contributed by atoms with Crippen LogP contribution in [0.2, 0.25) is 0 Å². The van der Waals surface area contributed by atoms with Crippen LogP contribution in [0.3, 0.4) is 0 Å². The average molecular weight is 283 g/mol. The lowest BCUT2D eigenvalue weighted by Crippen LogP contribution is -2.58. The fraction of sp³-hybridized carbons (Fsp3) is 0.938. The van der Waals surface area contributed by atoms with E-state index in [1.54, 1.807) is 0 Å². The van der Waals surface area contributed by atoms with Gasteiger partial charge in [-0.2, -0.15) is 0 Å². The first kappa shape index (κ1) is 15.8. The molecular weight excluding hydrogens is 254 g/mol. The topological polar surface area (TPSA) is 47.6 Å². The summed E-state index contributed by atoms with van der Waals surface area (Å²) in [6, 6.07) is 0. The van der Waals surface area contributed by atoms with Crippen molar-refractivity contribution in [1.29, 1.82) is 0 Å². The molecule has 0 heterocycles. The molecule has 0 aromatic heterocycles. The molecule has 0 saturated heterocycles. The molecule has 0 spiro atoms. The van der Waals surface area contributed by atoms with Gasteiger partial charge in [0, 0.05) is 6.61 Å². The van der Waals surface area contributed by atoms with E-state index in [2.05, 4.69) is 5.32 Å². The van der Waals surface area contributed by atoms with Crippen molar-refractivity contribution in [2.75, 3.05) is 26.4 Å². The zero-order valence-electron chi connectivity index (χ0n) is 13.0. The molecular formula is C16H29NO3. The summed E-state index contributed by atoms with van der Waals surface area (Å²) in [6.07, 6.45) is 7.40. The van der Waals surface area contributed by atoms with Crippen LogP contribution in [0.15, 0.2) is 0 Å². The lowest BCUT2D eigenvalue weighted by molar-refractivity contribution is -0.155. The van der Waals surface area contributed by atoms with Gasteiger partial charge in [0.05, 0.1) is 13.2 Å². The second-order valence-electron chi connectivity index (χ2n) is 6.13. The predicted octanol–water partition coefficient (Wildman–Crippen LogP) is 2.51. The maximum absolute atomic E-state index is 12.4. The lowest BCUT2D eigenvalue weighted by atomic mass is 9.83. The van der Waals surface area contributed by atoms with Crippen LogP contribution in [0.5, 0.6) is 0 Å². The van der Waals surface area contributed by atoms with E-state index in [1.807, 2.05) is 13.8 Å². The number of likely N-dealkylation sites (N-methyl/N-ethyl adjacent to an activating group) is 1. The Morgan fingerprint density at radius 2 is 2.00 bits per heavy atom. The third-order valence-corrected chi connectivity index (χ3v) is 4.63. The fourth-order valence-electron chi connectivity index (χ4n) is 3.03. The van der Waals surface area contributed by atoms with E-state index in [0.29, 0.717) is 19.1 Å². The van der Waals surface area contributed by atoms with Crippen LogP contribution in [0.1, 0.15) is 52.4 Å². The van der Waals surface area contributed by atoms with E-state index >= 15 is 0 Å². The highest BCUT2D eigenvalue weighted by Crippen LogP contribution is 2.41. The molecule has 1 N–H and O–H groups in total. The van der Waals surface area contributed by atoms with Gasteiger partial charge in [-0.3, -0.25) is 5.32 Å². The molecule has 0 bridgehead atoms. The van der Waals surface area contributed by atoms with Crippen molar-refractivity contribution in [2.45, 2.75) is 57.9 Å². The van der Waals surface area contributed by atoms with Gasteiger partial charge in [0.2, 0.25) is 0 Å². The average Bonchev–Trinajstić information content (AvgIpc) is 3.19. The molecule has 116 valence electrons. The highest BCUT2D eigenvalue weighted by molar-refractivity contribution is 5.82. The van der Waals surface area contributed by atoms with Gasteiger partial charge in [0.1, 0.15) is 5.54 Å². The third-order valence-electron chi connectivity index (χ3n) is 4.63. The number of hydrogen-bond donors (Lipinski definition) is 1. The standard InChI is InChI=1S/C16H29NO3/c1-3-17-16(14-8-9-14,15(18)20-4-2)12-19-11-10-13-6-5-7-13/h13-14,17H,3-12H2,1-2H3. The number of rotatable bonds is 10. The summed E-state index contributed by atoms with van der Waals surface area (Å²) in [5, 5.41) is 3.36. The zero-order chi connectivity index (χ0) is 14.4. The van der Waals surface area contributed by atoms with E-state index in [9.17, 15) is 4.79 Å². The molecule has 0 radical (unpaired) electrons. The fourth-order valence-corrected chi connectivity index (χ4v) is 3.03. The number of ether oxygens (including phenoxy) is 2. The van der Waals surface area contributed by atoms with Crippen molar-refractivity contribution in [1.82, 2.24) is 5.32 Å². The third kappa shape index (κ3) is 3.73. The van der Waals surface area contributed by atoms with Crippen LogP contribution >= 0.6 is 0 Å². The Kier molecular flexibility index (Phi) is 5.85. The summed E-state index contributed by atoms with van der Waals surface area (Å²) in [4.78, 5) is 12.4. The first-order valence-electron chi connectivity index (χ1n) is 8.23. The number of carbonyl (C=O) groups is 1. The first-order valence-corrected chi connectivity index (χ1v) is 8.23. The molecule has 2 fully saturated rings. The Balaban J connectivity index is 1.84. The molecule has 1 unspecified atom stereocenters. The van der Waals surface area contributed by atoms with Gasteiger partial charge < -0.3 is 9.47 Å². The number of nitrogens with one attached hydrogen (secondary N) is 1. The van der Waals surface area contributed by atoms with Gasteiger partial charge in [-0.25, -0.2) is 4.79 Å². The van der Waals surface area contributed by atoms with Gasteiger partial charge in [0.25, 0.3) is 0 Å². The van der Waals surface area contributed by atoms with Crippen molar-refractivity contribution in [2.24, 2.45) is 11.8 Å². The number of hydrogen-bond acceptors (Lipinski definition) is 4. The maximum atomic E-state index is 12.4. The molecule has 1 atom stereocenters. The molecule has 0 amide bonds. The van der Waals surface area contributed by atoms with Crippen molar-refractivity contribution in [3.05, 3.63) is 0 Å². The molecule has 2 rings (SSSR count). The molecule has 0 aromatic rings. The van der Waals surface area contributed by atoms with Crippen LogP contribution in [-0.2, 0) is 14.3 Å². The molecule has 20 heavy (non-hydrogen) atoms.